The van der Waals surface area contributed by atoms with Crippen molar-refractivity contribution in [3.63, 3.8) is 0 Å². The normalized spacial score (nSPS) is 30.5. The number of hydrogen-bond donors (Lipinski definition) is 0. The Morgan fingerprint density at radius 1 is 1.16 bits per heavy atom. The van der Waals surface area contributed by atoms with E-state index in [1.165, 1.54) is 28.1 Å². The summed E-state index contributed by atoms with van der Waals surface area (Å²) in [7, 11) is 2.17. The van der Waals surface area contributed by atoms with Gasteiger partial charge in [0.05, 0.1) is 24.0 Å². The maximum atomic E-state index is 13.5. The van der Waals surface area contributed by atoms with Crippen LogP contribution in [0.4, 0.5) is 10.1 Å². The molecule has 2 aliphatic heterocycles. The van der Waals surface area contributed by atoms with Crippen molar-refractivity contribution in [2.24, 2.45) is 24.0 Å². The fourth-order valence-corrected chi connectivity index (χ4v) is 7.16. The molecule has 11 heteroatoms. The van der Waals surface area contributed by atoms with Crippen LogP contribution in [0.15, 0.2) is 63.9 Å². The Hall–Kier alpha value is -2.73. The van der Waals surface area contributed by atoms with E-state index in [4.69, 9.17) is 4.74 Å². The summed E-state index contributed by atoms with van der Waals surface area (Å²) < 4.78 is 34.5. The number of hydrazone groups is 1. The first-order valence-corrected chi connectivity index (χ1v) is 14.3. The maximum absolute atomic E-state index is 13.5. The fourth-order valence-electron chi connectivity index (χ4n) is 6.04. The molecule has 38 heavy (non-hydrogen) atoms. The maximum Gasteiger partial charge on any atom is 0.185 e. The number of nitrogens with zero attached hydrogens (tertiary/aromatic N) is 7. The van der Waals surface area contributed by atoms with Crippen molar-refractivity contribution in [3.8, 4) is 0 Å². The van der Waals surface area contributed by atoms with Gasteiger partial charge in [-0.05, 0) is 61.1 Å². The summed E-state index contributed by atoms with van der Waals surface area (Å²) in [6.07, 6.45) is 10.7. The van der Waals surface area contributed by atoms with Gasteiger partial charge in [-0.2, -0.15) is 15.0 Å². The van der Waals surface area contributed by atoms with Gasteiger partial charge < -0.3 is 4.74 Å². The molecule has 4 atom stereocenters. The molecule has 1 saturated heterocycles. The van der Waals surface area contributed by atoms with Gasteiger partial charge in [0.15, 0.2) is 5.03 Å². The van der Waals surface area contributed by atoms with Crippen LogP contribution in [0, 0.1) is 17.7 Å². The predicted octanol–water partition coefficient (Wildman–Crippen LogP) is 2.77. The number of halogens is 1. The topological polar surface area (TPSA) is 79.1 Å². The highest BCUT2D eigenvalue weighted by atomic mass is 32.2. The van der Waals surface area contributed by atoms with Crippen LogP contribution in [-0.4, -0.2) is 86.1 Å². The Morgan fingerprint density at radius 2 is 1.95 bits per heavy atom. The minimum Gasteiger partial charge on any atom is -0.381 e. The molecular formula is C27H34FN7O2S. The molecule has 4 aliphatic rings. The molecule has 2 fully saturated rings. The number of fused-ring (bicyclic) bond motifs is 1. The first kappa shape index (κ1) is 25.5. The van der Waals surface area contributed by atoms with Gasteiger partial charge in [0.25, 0.3) is 0 Å². The predicted molar refractivity (Wildman–Crippen MR) is 144 cm³/mol. The molecule has 2 aliphatic carbocycles. The molecule has 6 rings (SSSR count). The van der Waals surface area contributed by atoms with E-state index in [-0.39, 0.29) is 23.8 Å². The molecule has 0 amide bonds. The van der Waals surface area contributed by atoms with Gasteiger partial charge >= 0.3 is 0 Å². The number of methoxy groups -OCH3 is 1. The summed E-state index contributed by atoms with van der Waals surface area (Å²) in [6, 6.07) is 6.65. The van der Waals surface area contributed by atoms with Crippen LogP contribution in [0.3, 0.4) is 0 Å². The van der Waals surface area contributed by atoms with Gasteiger partial charge in [-0.15, -0.1) is 5.10 Å². The minimum atomic E-state index is -1.37. The van der Waals surface area contributed by atoms with Crippen LogP contribution in [0.2, 0.25) is 0 Å². The quantitative estimate of drug-likeness (QED) is 0.539. The molecule has 3 heterocycles. The zero-order valence-electron chi connectivity index (χ0n) is 22.0. The van der Waals surface area contributed by atoms with Gasteiger partial charge in [0, 0.05) is 58.5 Å². The van der Waals surface area contributed by atoms with E-state index in [2.05, 4.69) is 39.3 Å². The monoisotopic (exact) mass is 539 g/mol. The van der Waals surface area contributed by atoms with Crippen molar-refractivity contribution in [2.75, 3.05) is 38.3 Å². The molecular weight excluding hydrogens is 505 g/mol. The highest BCUT2D eigenvalue weighted by Crippen LogP contribution is 2.38. The molecule has 2 aromatic rings. The lowest BCUT2D eigenvalue weighted by Gasteiger charge is -2.46. The van der Waals surface area contributed by atoms with Crippen LogP contribution in [0.1, 0.15) is 19.8 Å². The summed E-state index contributed by atoms with van der Waals surface area (Å²) in [5.74, 6) is 0.473. The zero-order valence-corrected chi connectivity index (χ0v) is 22.8. The first-order chi connectivity index (χ1) is 18.4. The van der Waals surface area contributed by atoms with Gasteiger partial charge in [-0.25, -0.2) is 12.9 Å². The number of benzene rings is 1. The SMILES string of the molecule is COC1CC(CN2CCN(S(=O)c3cnn(C)n3)CC2C2=CC3C=NN(c4ccc(F)cc4)C3C=C2C)C1. The lowest BCUT2D eigenvalue weighted by atomic mass is 9.80. The first-order valence-electron chi connectivity index (χ1n) is 13.2. The van der Waals surface area contributed by atoms with Crippen LogP contribution in [0.5, 0.6) is 0 Å². The Labute approximate surface area is 225 Å². The molecule has 0 N–H and O–H groups in total. The van der Waals surface area contributed by atoms with Gasteiger partial charge in [-0.1, -0.05) is 12.2 Å². The Kier molecular flexibility index (Phi) is 7.02. The standard InChI is InChI=1S/C27H34FN7O2S/c1-18-10-25-20(14-30-35(25)22-6-4-21(28)5-7-22)13-24(18)26-17-34(38(36)27-15-29-32(2)31-27)9-8-33(26)16-19-11-23(12-19)37-3/h4-7,10,13-15,19-20,23,25-26H,8-9,11-12,16-17H2,1-3H3. The van der Waals surface area contributed by atoms with E-state index in [0.717, 1.165) is 31.6 Å². The van der Waals surface area contributed by atoms with Crippen molar-refractivity contribution < 1.29 is 13.3 Å². The second-order valence-corrected chi connectivity index (χ2v) is 12.1. The summed E-state index contributed by atoms with van der Waals surface area (Å²) in [6.45, 7) is 5.35. The van der Waals surface area contributed by atoms with Crippen LogP contribution >= 0.6 is 0 Å². The summed E-state index contributed by atoms with van der Waals surface area (Å²) in [5, 5.41) is 15.5. The highest BCUT2D eigenvalue weighted by Gasteiger charge is 2.40. The van der Waals surface area contributed by atoms with E-state index in [1.54, 1.807) is 32.5 Å². The van der Waals surface area contributed by atoms with Crippen molar-refractivity contribution in [2.45, 2.75) is 43.0 Å². The molecule has 1 saturated carbocycles. The number of ether oxygens (including phenoxy) is 1. The van der Waals surface area contributed by atoms with Crippen LogP contribution in [-0.2, 0) is 22.8 Å². The third kappa shape index (κ3) is 4.88. The Balaban J connectivity index is 1.24. The van der Waals surface area contributed by atoms with Crippen LogP contribution in [0.25, 0.3) is 0 Å². The average molecular weight is 540 g/mol. The second kappa shape index (κ2) is 10.4. The molecule has 0 radical (unpaired) electrons. The van der Waals surface area contributed by atoms with Crippen molar-refractivity contribution in [1.82, 2.24) is 24.2 Å². The number of piperazine rings is 1. The van der Waals surface area contributed by atoms with E-state index in [0.29, 0.717) is 30.1 Å². The van der Waals surface area contributed by atoms with E-state index < -0.39 is 11.0 Å². The molecule has 202 valence electrons. The third-order valence-corrected chi connectivity index (χ3v) is 9.55. The number of hydrogen-bond acceptors (Lipinski definition) is 7. The number of aromatic nitrogens is 3. The van der Waals surface area contributed by atoms with Crippen molar-refractivity contribution in [3.05, 3.63) is 59.6 Å². The van der Waals surface area contributed by atoms with E-state index in [9.17, 15) is 8.60 Å². The lowest BCUT2D eigenvalue weighted by Crippen LogP contribution is -2.56. The fraction of sp³-hybridized carbons (Fsp3) is 0.519. The number of aryl methyl sites for hydroxylation is 1. The third-order valence-electron chi connectivity index (χ3n) is 8.20. The molecule has 4 unspecified atom stereocenters. The highest BCUT2D eigenvalue weighted by molar-refractivity contribution is 7.82. The largest absolute Gasteiger partial charge is 0.381 e. The summed E-state index contributed by atoms with van der Waals surface area (Å²) in [5.41, 5.74) is 3.34. The van der Waals surface area contributed by atoms with Crippen molar-refractivity contribution >= 4 is 22.9 Å². The number of anilines is 1. The Morgan fingerprint density at radius 3 is 2.66 bits per heavy atom. The number of rotatable bonds is 7. The van der Waals surface area contributed by atoms with Crippen molar-refractivity contribution in [1.29, 1.82) is 0 Å². The minimum absolute atomic E-state index is 0.0557. The van der Waals surface area contributed by atoms with E-state index in [1.807, 2.05) is 15.5 Å². The summed E-state index contributed by atoms with van der Waals surface area (Å²) in [4.78, 5) is 4.01. The summed E-state index contributed by atoms with van der Waals surface area (Å²) >= 11 is 0. The average Bonchev–Trinajstić information content (AvgIpc) is 3.51. The smallest absolute Gasteiger partial charge is 0.185 e. The molecule has 1 aromatic heterocycles. The molecule has 1 aromatic carbocycles. The molecule has 0 bridgehead atoms. The molecule has 9 nitrogen and oxygen atoms in total. The van der Waals surface area contributed by atoms with Gasteiger partial charge in [-0.3, -0.25) is 9.91 Å². The van der Waals surface area contributed by atoms with Gasteiger partial charge in [0.2, 0.25) is 0 Å². The second-order valence-electron chi connectivity index (χ2n) is 10.6. The lowest BCUT2D eigenvalue weighted by molar-refractivity contribution is -0.0183. The van der Waals surface area contributed by atoms with E-state index >= 15 is 0 Å². The molecule has 0 spiro atoms. The Bertz CT molecular complexity index is 1290. The van der Waals surface area contributed by atoms with Gasteiger partial charge in [0.1, 0.15) is 16.8 Å². The zero-order chi connectivity index (χ0) is 26.4. The van der Waals surface area contributed by atoms with Crippen LogP contribution < -0.4 is 5.01 Å².